The van der Waals surface area contributed by atoms with Crippen molar-refractivity contribution in [3.05, 3.63) is 36.2 Å². The van der Waals surface area contributed by atoms with Crippen molar-refractivity contribution in [1.82, 2.24) is 19.9 Å². The molecule has 7 nitrogen and oxygen atoms in total. The van der Waals surface area contributed by atoms with E-state index in [-0.39, 0.29) is 11.5 Å². The predicted molar refractivity (Wildman–Crippen MR) is 84.1 cm³/mol. The van der Waals surface area contributed by atoms with E-state index < -0.39 is 0 Å². The summed E-state index contributed by atoms with van der Waals surface area (Å²) in [4.78, 5) is 27.4. The van der Waals surface area contributed by atoms with Gasteiger partial charge in [0.2, 0.25) is 0 Å². The molecule has 0 radical (unpaired) electrons. The Hall–Kier alpha value is -2.61. The van der Waals surface area contributed by atoms with Crippen LogP contribution in [0.5, 0.6) is 5.75 Å². The van der Waals surface area contributed by atoms with Gasteiger partial charge in [0.05, 0.1) is 12.9 Å². The molecule has 0 amide bonds. The molecule has 0 saturated heterocycles. The zero-order valence-corrected chi connectivity index (χ0v) is 12.6. The number of nitrogens with one attached hydrogen (secondary N) is 1. The Bertz CT molecular complexity index is 833. The Labute approximate surface area is 130 Å². The van der Waals surface area contributed by atoms with Crippen molar-refractivity contribution >= 4 is 34.5 Å². The smallest absolute Gasteiger partial charge is 0.183 e. The van der Waals surface area contributed by atoms with Crippen molar-refractivity contribution in [2.24, 2.45) is 0 Å². The number of nitrogen functional groups attached to an aromatic ring is 1. The molecular weight excluding hydrogens is 302 g/mol. The molecular formula is C14H13N5O2S. The summed E-state index contributed by atoms with van der Waals surface area (Å²) in [6, 6.07) is 7.05. The fourth-order valence-electron chi connectivity index (χ4n) is 1.91. The van der Waals surface area contributed by atoms with E-state index in [1.54, 1.807) is 31.4 Å². The van der Waals surface area contributed by atoms with E-state index >= 15 is 0 Å². The largest absolute Gasteiger partial charge is 0.497 e. The summed E-state index contributed by atoms with van der Waals surface area (Å²) in [5.41, 5.74) is 7.41. The molecule has 2 heterocycles. The van der Waals surface area contributed by atoms with E-state index in [9.17, 15) is 4.79 Å². The lowest BCUT2D eigenvalue weighted by molar-refractivity contribution is 0.102. The Balaban J connectivity index is 1.73. The number of carbonyl (C=O) groups excluding carboxylic acids is 1. The van der Waals surface area contributed by atoms with Crippen molar-refractivity contribution in [1.29, 1.82) is 0 Å². The molecule has 0 aliphatic carbocycles. The minimum atomic E-state index is -0.0107. The van der Waals surface area contributed by atoms with Gasteiger partial charge < -0.3 is 15.5 Å². The highest BCUT2D eigenvalue weighted by Gasteiger charge is 2.11. The SMILES string of the molecule is COc1cccc(C(=O)CSc2nc3ncnc(N)c3[nH]2)c1. The molecule has 3 rings (SSSR count). The van der Waals surface area contributed by atoms with Crippen LogP contribution in [0.4, 0.5) is 5.82 Å². The number of ketones is 1. The van der Waals surface area contributed by atoms with Crippen LogP contribution < -0.4 is 10.5 Å². The topological polar surface area (TPSA) is 107 Å². The van der Waals surface area contributed by atoms with E-state index in [2.05, 4.69) is 19.9 Å². The summed E-state index contributed by atoms with van der Waals surface area (Å²) in [6.45, 7) is 0. The summed E-state index contributed by atoms with van der Waals surface area (Å²) >= 11 is 1.29. The zero-order chi connectivity index (χ0) is 15.5. The third-order valence-corrected chi connectivity index (χ3v) is 3.90. The lowest BCUT2D eigenvalue weighted by Gasteiger charge is -2.03. The lowest BCUT2D eigenvalue weighted by Crippen LogP contribution is -2.02. The number of aromatic amines is 1. The van der Waals surface area contributed by atoms with Crippen molar-refractivity contribution in [3.8, 4) is 5.75 Å². The molecule has 0 saturated carbocycles. The number of methoxy groups -OCH3 is 1. The van der Waals surface area contributed by atoms with Gasteiger partial charge in [-0.3, -0.25) is 4.79 Å². The number of nitrogens with zero attached hydrogens (tertiary/aromatic N) is 3. The van der Waals surface area contributed by atoms with E-state index in [0.717, 1.165) is 0 Å². The maximum Gasteiger partial charge on any atom is 0.183 e. The molecule has 22 heavy (non-hydrogen) atoms. The quantitative estimate of drug-likeness (QED) is 0.547. The summed E-state index contributed by atoms with van der Waals surface area (Å²) in [7, 11) is 1.57. The van der Waals surface area contributed by atoms with Crippen molar-refractivity contribution in [3.63, 3.8) is 0 Å². The van der Waals surface area contributed by atoms with Crippen molar-refractivity contribution < 1.29 is 9.53 Å². The van der Waals surface area contributed by atoms with Crippen LogP contribution in [0.1, 0.15) is 10.4 Å². The maximum absolute atomic E-state index is 12.2. The number of Topliss-reactive ketones (excluding diaryl/α,β-unsaturated/α-hetero) is 1. The van der Waals surface area contributed by atoms with Gasteiger partial charge in [-0.25, -0.2) is 15.0 Å². The van der Waals surface area contributed by atoms with Crippen LogP contribution in [0.2, 0.25) is 0 Å². The minimum absolute atomic E-state index is 0.0107. The fourth-order valence-corrected chi connectivity index (χ4v) is 2.67. The summed E-state index contributed by atoms with van der Waals surface area (Å²) in [5, 5.41) is 0.582. The number of H-pyrrole nitrogens is 1. The monoisotopic (exact) mass is 315 g/mol. The van der Waals surface area contributed by atoms with Gasteiger partial charge in [-0.15, -0.1) is 0 Å². The van der Waals surface area contributed by atoms with Crippen molar-refractivity contribution in [2.45, 2.75) is 5.16 Å². The molecule has 3 N–H and O–H groups in total. The van der Waals surface area contributed by atoms with Gasteiger partial charge in [0.15, 0.2) is 22.4 Å². The number of carbonyl (C=O) groups is 1. The maximum atomic E-state index is 12.2. The number of hydrogen-bond donors (Lipinski definition) is 2. The molecule has 3 aromatic rings. The first kappa shape index (κ1) is 14.3. The van der Waals surface area contributed by atoms with Crippen LogP contribution >= 0.6 is 11.8 Å². The molecule has 8 heteroatoms. The van der Waals surface area contributed by atoms with Gasteiger partial charge in [-0.05, 0) is 12.1 Å². The van der Waals surface area contributed by atoms with Gasteiger partial charge in [-0.1, -0.05) is 23.9 Å². The Morgan fingerprint density at radius 3 is 3.05 bits per heavy atom. The molecule has 0 atom stereocenters. The first-order chi connectivity index (χ1) is 10.7. The van der Waals surface area contributed by atoms with E-state index in [1.165, 1.54) is 18.1 Å². The number of anilines is 1. The summed E-state index contributed by atoms with van der Waals surface area (Å²) < 4.78 is 5.11. The van der Waals surface area contributed by atoms with Crippen LogP contribution in [-0.2, 0) is 0 Å². The Morgan fingerprint density at radius 2 is 2.27 bits per heavy atom. The third kappa shape index (κ3) is 2.86. The average Bonchev–Trinajstić information content (AvgIpc) is 2.97. The molecule has 0 aliphatic rings. The molecule has 0 spiro atoms. The standard InChI is InChI=1S/C14H13N5O2S/c1-21-9-4-2-3-8(5-9)10(20)6-22-14-18-11-12(15)16-7-17-13(11)19-14/h2-5,7H,6H2,1H3,(H3,15,16,17,18,19). The average molecular weight is 315 g/mol. The second kappa shape index (κ2) is 6.02. The first-order valence-corrected chi connectivity index (χ1v) is 7.42. The number of benzene rings is 1. The number of fused-ring (bicyclic) bond motifs is 1. The lowest BCUT2D eigenvalue weighted by atomic mass is 10.1. The number of hydrogen-bond acceptors (Lipinski definition) is 7. The first-order valence-electron chi connectivity index (χ1n) is 6.43. The summed E-state index contributed by atoms with van der Waals surface area (Å²) in [6.07, 6.45) is 1.36. The molecule has 0 bridgehead atoms. The van der Waals surface area contributed by atoms with Gasteiger partial charge in [0, 0.05) is 5.56 Å². The molecule has 1 aromatic carbocycles. The molecule has 0 unspecified atom stereocenters. The van der Waals surface area contributed by atoms with Crippen LogP contribution in [0.15, 0.2) is 35.7 Å². The predicted octanol–water partition coefficient (Wildman–Crippen LogP) is 1.92. The van der Waals surface area contributed by atoms with Crippen LogP contribution in [-0.4, -0.2) is 38.6 Å². The second-order valence-corrected chi connectivity index (χ2v) is 5.41. The zero-order valence-electron chi connectivity index (χ0n) is 11.7. The van der Waals surface area contributed by atoms with Gasteiger partial charge in [-0.2, -0.15) is 0 Å². The highest BCUT2D eigenvalue weighted by molar-refractivity contribution is 7.99. The van der Waals surface area contributed by atoms with Crippen LogP contribution in [0.25, 0.3) is 11.2 Å². The van der Waals surface area contributed by atoms with Gasteiger partial charge in [0.25, 0.3) is 0 Å². The third-order valence-electron chi connectivity index (χ3n) is 3.03. The van der Waals surface area contributed by atoms with Crippen molar-refractivity contribution in [2.75, 3.05) is 18.6 Å². The number of imidazole rings is 1. The second-order valence-electron chi connectivity index (χ2n) is 4.44. The Kier molecular flexibility index (Phi) is 3.92. The van der Waals surface area contributed by atoms with Crippen LogP contribution in [0.3, 0.4) is 0 Å². The molecule has 112 valence electrons. The van der Waals surface area contributed by atoms with E-state index in [1.807, 2.05) is 0 Å². The molecule has 2 aromatic heterocycles. The number of rotatable bonds is 5. The normalized spacial score (nSPS) is 10.8. The van der Waals surface area contributed by atoms with Gasteiger partial charge in [0.1, 0.15) is 17.6 Å². The summed E-state index contributed by atoms with van der Waals surface area (Å²) in [5.74, 6) is 1.23. The number of thioether (sulfide) groups is 1. The molecule has 0 fully saturated rings. The highest BCUT2D eigenvalue weighted by Crippen LogP contribution is 2.22. The number of ether oxygens (including phenoxy) is 1. The Morgan fingerprint density at radius 1 is 1.41 bits per heavy atom. The minimum Gasteiger partial charge on any atom is -0.497 e. The van der Waals surface area contributed by atoms with Crippen LogP contribution in [0, 0.1) is 0 Å². The van der Waals surface area contributed by atoms with E-state index in [4.69, 9.17) is 10.5 Å². The number of nitrogens with two attached hydrogens (primary N) is 1. The number of aromatic nitrogens is 4. The highest BCUT2D eigenvalue weighted by atomic mass is 32.2. The fraction of sp³-hybridized carbons (Fsp3) is 0.143. The molecule has 0 aliphatic heterocycles. The van der Waals surface area contributed by atoms with Gasteiger partial charge >= 0.3 is 0 Å². The van der Waals surface area contributed by atoms with E-state index in [0.29, 0.717) is 33.5 Å².